The van der Waals surface area contributed by atoms with E-state index >= 15 is 0 Å². The van der Waals surface area contributed by atoms with Gasteiger partial charge in [-0.05, 0) is 36.8 Å². The summed E-state index contributed by atoms with van der Waals surface area (Å²) < 4.78 is 78.8. The highest BCUT2D eigenvalue weighted by molar-refractivity contribution is 7.16. The summed E-state index contributed by atoms with van der Waals surface area (Å²) in [6.45, 7) is -0.774. The number of thiophene rings is 1. The van der Waals surface area contributed by atoms with Crippen LogP contribution in [0.1, 0.15) is 32.1 Å². The Morgan fingerprint density at radius 3 is 2.29 bits per heavy atom. The minimum absolute atomic E-state index is 0.0293. The van der Waals surface area contributed by atoms with E-state index in [1.165, 1.54) is 19.1 Å². The number of carbonyl (C=O) groups is 2. The number of halogens is 8. The fourth-order valence-electron chi connectivity index (χ4n) is 3.17. The minimum atomic E-state index is -4.90. The summed E-state index contributed by atoms with van der Waals surface area (Å²) in [5, 5.41) is 7.33. The molecule has 1 aromatic carbocycles. The largest absolute Gasteiger partial charge is 0.435 e. The van der Waals surface area contributed by atoms with Crippen molar-refractivity contribution in [3.63, 3.8) is 0 Å². The predicted octanol–water partition coefficient (Wildman–Crippen LogP) is 5.35. The molecule has 0 saturated carbocycles. The highest BCUT2D eigenvalue weighted by Crippen LogP contribution is 2.50. The van der Waals surface area contributed by atoms with Crippen LogP contribution < -0.4 is 10.6 Å². The summed E-state index contributed by atoms with van der Waals surface area (Å²) in [6, 6.07) is 4.83. The maximum absolute atomic E-state index is 14.1. The molecule has 6 nitrogen and oxygen atoms in total. The Morgan fingerprint density at radius 1 is 1.09 bits per heavy atom. The van der Waals surface area contributed by atoms with E-state index in [1.807, 2.05) is 0 Å². The predicted molar refractivity (Wildman–Crippen MR) is 117 cm³/mol. The van der Waals surface area contributed by atoms with Crippen LogP contribution in [0.15, 0.2) is 29.4 Å². The smallest absolute Gasteiger partial charge is 0.374 e. The van der Waals surface area contributed by atoms with Gasteiger partial charge in [-0.15, -0.1) is 11.3 Å². The van der Waals surface area contributed by atoms with Gasteiger partial charge in [-0.3, -0.25) is 9.59 Å². The van der Waals surface area contributed by atoms with Crippen molar-refractivity contribution >= 4 is 52.1 Å². The summed E-state index contributed by atoms with van der Waals surface area (Å²) in [4.78, 5) is 29.1. The molecular weight excluding hydrogens is 547 g/mol. The van der Waals surface area contributed by atoms with Crippen molar-refractivity contribution in [2.75, 3.05) is 13.1 Å². The fraction of sp³-hybridized carbons (Fsp3) is 0.350. The SMILES string of the molecule is Cc1cc(C2=NOC(c3cc(Cl)cc(Cl)c3)(C(F)(F)F)C2)sc1C(=O)NCC(=O)NCC(F)(F)F. The fourth-order valence-corrected chi connectivity index (χ4v) is 4.77. The molecule has 0 spiro atoms. The van der Waals surface area contributed by atoms with Gasteiger partial charge < -0.3 is 15.5 Å². The lowest BCUT2D eigenvalue weighted by molar-refractivity contribution is -0.275. The van der Waals surface area contributed by atoms with Gasteiger partial charge in [-0.2, -0.15) is 26.3 Å². The van der Waals surface area contributed by atoms with E-state index in [4.69, 9.17) is 28.0 Å². The number of nitrogens with one attached hydrogen (secondary N) is 2. The van der Waals surface area contributed by atoms with E-state index in [0.717, 1.165) is 23.5 Å². The quantitative estimate of drug-likeness (QED) is 0.466. The van der Waals surface area contributed by atoms with Gasteiger partial charge in [-0.25, -0.2) is 0 Å². The van der Waals surface area contributed by atoms with Gasteiger partial charge in [0.15, 0.2) is 0 Å². The van der Waals surface area contributed by atoms with Gasteiger partial charge in [0.1, 0.15) is 12.3 Å². The van der Waals surface area contributed by atoms with Gasteiger partial charge in [0.2, 0.25) is 5.91 Å². The van der Waals surface area contributed by atoms with E-state index in [1.54, 1.807) is 5.32 Å². The van der Waals surface area contributed by atoms with Crippen LogP contribution in [0.25, 0.3) is 0 Å². The number of rotatable bonds is 6. The van der Waals surface area contributed by atoms with Crippen molar-refractivity contribution in [3.8, 4) is 0 Å². The number of oxime groups is 1. The first-order valence-electron chi connectivity index (χ1n) is 9.62. The van der Waals surface area contributed by atoms with Crippen LogP contribution in [-0.2, 0) is 15.2 Å². The Morgan fingerprint density at radius 2 is 1.71 bits per heavy atom. The lowest BCUT2D eigenvalue weighted by Crippen LogP contribution is -2.42. The molecular formula is C20H15Cl2F6N3O3S. The highest BCUT2D eigenvalue weighted by atomic mass is 35.5. The average molecular weight is 562 g/mol. The van der Waals surface area contributed by atoms with Crippen molar-refractivity contribution < 1.29 is 40.8 Å². The number of alkyl halides is 6. The molecule has 2 N–H and O–H groups in total. The molecule has 190 valence electrons. The molecule has 0 radical (unpaired) electrons. The van der Waals surface area contributed by atoms with Crippen LogP contribution in [0.4, 0.5) is 26.3 Å². The van der Waals surface area contributed by atoms with Crippen LogP contribution in [0.2, 0.25) is 10.0 Å². The maximum atomic E-state index is 14.1. The van der Waals surface area contributed by atoms with Gasteiger partial charge in [0.05, 0.1) is 22.7 Å². The van der Waals surface area contributed by atoms with Crippen molar-refractivity contribution in [1.82, 2.24) is 10.6 Å². The van der Waals surface area contributed by atoms with Crippen molar-refractivity contribution in [2.24, 2.45) is 5.16 Å². The van der Waals surface area contributed by atoms with Gasteiger partial charge in [0, 0.05) is 15.6 Å². The molecule has 2 amide bonds. The molecule has 0 saturated heterocycles. The highest BCUT2D eigenvalue weighted by Gasteiger charge is 2.62. The number of amides is 2. The molecule has 0 aliphatic carbocycles. The lowest BCUT2D eigenvalue weighted by atomic mass is 9.88. The van der Waals surface area contributed by atoms with E-state index in [-0.39, 0.29) is 31.1 Å². The van der Waals surface area contributed by atoms with Crippen molar-refractivity contribution in [2.45, 2.75) is 31.3 Å². The Balaban J connectivity index is 1.76. The van der Waals surface area contributed by atoms with Crippen LogP contribution in [0.5, 0.6) is 0 Å². The number of carbonyl (C=O) groups excluding carboxylic acids is 2. The Bertz CT molecular complexity index is 1160. The second kappa shape index (κ2) is 9.86. The number of nitrogens with zero attached hydrogens (tertiary/aromatic N) is 1. The molecule has 1 aromatic heterocycles. The second-order valence-corrected chi connectivity index (χ2v) is 9.41. The third-order valence-electron chi connectivity index (χ3n) is 4.82. The van der Waals surface area contributed by atoms with Crippen molar-refractivity contribution in [1.29, 1.82) is 0 Å². The Labute approximate surface area is 208 Å². The van der Waals surface area contributed by atoms with Gasteiger partial charge in [0.25, 0.3) is 11.5 Å². The molecule has 1 aliphatic rings. The zero-order valence-electron chi connectivity index (χ0n) is 17.5. The maximum Gasteiger partial charge on any atom is 0.435 e. The normalized spacial score (nSPS) is 18.1. The van der Waals surface area contributed by atoms with E-state index in [0.29, 0.717) is 5.56 Å². The molecule has 1 unspecified atom stereocenters. The first-order chi connectivity index (χ1) is 16.1. The summed E-state index contributed by atoms with van der Waals surface area (Å²) in [5.74, 6) is -1.85. The zero-order valence-corrected chi connectivity index (χ0v) is 19.9. The third kappa shape index (κ3) is 6.19. The van der Waals surface area contributed by atoms with E-state index < -0.39 is 49.3 Å². The average Bonchev–Trinajstić information content (AvgIpc) is 3.34. The lowest BCUT2D eigenvalue weighted by Gasteiger charge is -2.29. The third-order valence-corrected chi connectivity index (χ3v) is 6.54. The summed E-state index contributed by atoms with van der Waals surface area (Å²) in [6.07, 6.45) is -10.2. The Hall–Kier alpha value is -2.51. The van der Waals surface area contributed by atoms with Crippen LogP contribution in [0.3, 0.4) is 0 Å². The van der Waals surface area contributed by atoms with Crippen LogP contribution in [0, 0.1) is 6.92 Å². The zero-order chi connectivity index (χ0) is 26.2. The van der Waals surface area contributed by atoms with Crippen molar-refractivity contribution in [3.05, 3.63) is 55.2 Å². The molecule has 0 fully saturated rings. The summed E-state index contributed by atoms with van der Waals surface area (Å²) in [5.41, 5.74) is -2.93. The Kier molecular flexibility index (Phi) is 7.63. The monoisotopic (exact) mass is 561 g/mol. The van der Waals surface area contributed by atoms with Crippen LogP contribution >= 0.6 is 34.5 Å². The molecule has 35 heavy (non-hydrogen) atoms. The standard InChI is InChI=1S/C20H15Cl2F6N3O3S/c1-9-2-14(35-16(9)17(33)29-7-15(32)30-8-19(23,24)25)13-6-18(34-31-13,20(26,27)28)10-3-11(21)5-12(22)4-10/h2-5H,6-8H2,1H3,(H,29,33)(H,30,32). The molecule has 2 heterocycles. The van der Waals surface area contributed by atoms with Gasteiger partial charge in [-0.1, -0.05) is 28.4 Å². The topological polar surface area (TPSA) is 79.8 Å². The van der Waals surface area contributed by atoms with E-state index in [2.05, 4.69) is 10.5 Å². The summed E-state index contributed by atoms with van der Waals surface area (Å²) in [7, 11) is 0. The first-order valence-corrected chi connectivity index (χ1v) is 11.2. The number of aryl methyl sites for hydroxylation is 1. The molecule has 0 bridgehead atoms. The molecule has 3 rings (SSSR count). The second-order valence-electron chi connectivity index (χ2n) is 7.49. The molecule has 2 aromatic rings. The number of hydrogen-bond donors (Lipinski definition) is 2. The molecule has 1 atom stereocenters. The molecule has 15 heteroatoms. The number of hydrogen-bond acceptors (Lipinski definition) is 5. The summed E-state index contributed by atoms with van der Waals surface area (Å²) >= 11 is 12.5. The van der Waals surface area contributed by atoms with Crippen LogP contribution in [-0.4, -0.2) is 43.0 Å². The van der Waals surface area contributed by atoms with Gasteiger partial charge >= 0.3 is 12.4 Å². The number of benzene rings is 1. The first kappa shape index (κ1) is 27.1. The minimum Gasteiger partial charge on any atom is -0.374 e. The van der Waals surface area contributed by atoms with E-state index in [9.17, 15) is 35.9 Å². The molecule has 1 aliphatic heterocycles.